The fourth-order valence-corrected chi connectivity index (χ4v) is 2.73. The lowest BCUT2D eigenvalue weighted by Crippen LogP contribution is -2.60. The van der Waals surface area contributed by atoms with Gasteiger partial charge in [0.25, 0.3) is 0 Å². The molecule has 0 aromatic heterocycles. The minimum atomic E-state index is -1.61. The number of nitrogens with two attached hydrogens (primary N) is 1. The Kier molecular flexibility index (Phi) is 8.83. The van der Waals surface area contributed by atoms with E-state index >= 15 is 0 Å². The van der Waals surface area contributed by atoms with E-state index in [9.17, 15) is 30.3 Å². The molecular weight excluding hydrogens is 384 g/mol. The molecule has 1 aliphatic heterocycles. The summed E-state index contributed by atoms with van der Waals surface area (Å²) in [5.41, 5.74) is 5.92. The first-order valence-electron chi connectivity index (χ1n) is 9.33. The van der Waals surface area contributed by atoms with E-state index in [1.807, 2.05) is 0 Å². The molecule has 0 bridgehead atoms. The molecule has 1 heterocycles. The van der Waals surface area contributed by atoms with Gasteiger partial charge in [-0.15, -0.1) is 0 Å². The highest BCUT2D eigenvalue weighted by atomic mass is 16.7. The SMILES string of the molecule is NCCCCNC(=O)C=Cc1ccc(O)c(O[C@@H]2O[C@H](CO)[C@@H](O)[C@H](O)[C@H]2O)c1. The molecule has 5 atom stereocenters. The quantitative estimate of drug-likeness (QED) is 0.187. The van der Waals surface area contributed by atoms with Crippen LogP contribution < -0.4 is 15.8 Å². The molecule has 0 saturated carbocycles. The highest BCUT2D eigenvalue weighted by Gasteiger charge is 2.44. The first-order valence-corrected chi connectivity index (χ1v) is 9.33. The lowest BCUT2D eigenvalue weighted by molar-refractivity contribution is -0.277. The Balaban J connectivity index is 2.03. The lowest BCUT2D eigenvalue weighted by atomic mass is 9.99. The van der Waals surface area contributed by atoms with E-state index in [2.05, 4.69) is 5.32 Å². The molecule has 1 fully saturated rings. The number of aliphatic hydroxyl groups is 4. The summed E-state index contributed by atoms with van der Waals surface area (Å²) in [6.07, 6.45) is -2.84. The monoisotopic (exact) mass is 412 g/mol. The third-order valence-corrected chi connectivity index (χ3v) is 4.43. The molecule has 0 aliphatic carbocycles. The zero-order valence-electron chi connectivity index (χ0n) is 15.8. The van der Waals surface area contributed by atoms with Crippen LogP contribution in [0.3, 0.4) is 0 Å². The van der Waals surface area contributed by atoms with Crippen LogP contribution in [0.1, 0.15) is 18.4 Å². The minimum Gasteiger partial charge on any atom is -0.504 e. The van der Waals surface area contributed by atoms with Crippen LogP contribution in [0.2, 0.25) is 0 Å². The van der Waals surface area contributed by atoms with Gasteiger partial charge in [0, 0.05) is 12.6 Å². The van der Waals surface area contributed by atoms with Gasteiger partial charge in [-0.25, -0.2) is 0 Å². The maximum absolute atomic E-state index is 11.8. The number of carbonyl (C=O) groups excluding carboxylic acids is 1. The number of unbranched alkanes of at least 4 members (excludes halogenated alkanes) is 1. The minimum absolute atomic E-state index is 0.0696. The number of carbonyl (C=O) groups is 1. The molecule has 1 aromatic rings. The van der Waals surface area contributed by atoms with Gasteiger partial charge in [0.2, 0.25) is 12.2 Å². The van der Waals surface area contributed by atoms with Crippen molar-refractivity contribution in [1.82, 2.24) is 5.32 Å². The van der Waals surface area contributed by atoms with Gasteiger partial charge < -0.3 is 46.1 Å². The van der Waals surface area contributed by atoms with Crippen LogP contribution in [0.4, 0.5) is 0 Å². The molecule has 10 nitrogen and oxygen atoms in total. The van der Waals surface area contributed by atoms with E-state index in [1.54, 1.807) is 6.07 Å². The van der Waals surface area contributed by atoms with Crippen molar-refractivity contribution >= 4 is 12.0 Å². The topological polar surface area (TPSA) is 175 Å². The Labute approximate surface area is 168 Å². The summed E-state index contributed by atoms with van der Waals surface area (Å²) in [5.74, 6) is -0.614. The summed E-state index contributed by atoms with van der Waals surface area (Å²) < 4.78 is 10.7. The van der Waals surface area contributed by atoms with Gasteiger partial charge in [-0.1, -0.05) is 6.07 Å². The number of ether oxygens (including phenoxy) is 2. The Morgan fingerprint density at radius 1 is 1.21 bits per heavy atom. The molecule has 162 valence electrons. The number of amides is 1. The maximum Gasteiger partial charge on any atom is 0.243 e. The number of hydrogen-bond acceptors (Lipinski definition) is 9. The van der Waals surface area contributed by atoms with Gasteiger partial charge in [0.05, 0.1) is 6.61 Å². The average molecular weight is 412 g/mol. The van der Waals surface area contributed by atoms with Gasteiger partial charge in [-0.3, -0.25) is 4.79 Å². The van der Waals surface area contributed by atoms with Crippen molar-refractivity contribution < 1.29 is 39.8 Å². The van der Waals surface area contributed by atoms with Crippen LogP contribution in [0.5, 0.6) is 11.5 Å². The number of hydrogen-bond donors (Lipinski definition) is 7. The second-order valence-electron chi connectivity index (χ2n) is 6.66. The zero-order valence-corrected chi connectivity index (χ0v) is 15.8. The van der Waals surface area contributed by atoms with Crippen LogP contribution in [-0.2, 0) is 9.53 Å². The molecule has 1 aromatic carbocycles. The predicted molar refractivity (Wildman–Crippen MR) is 103 cm³/mol. The summed E-state index contributed by atoms with van der Waals surface area (Å²) in [4.78, 5) is 11.8. The Morgan fingerprint density at radius 2 is 1.97 bits per heavy atom. The largest absolute Gasteiger partial charge is 0.504 e. The molecule has 1 amide bonds. The van der Waals surface area contributed by atoms with E-state index < -0.39 is 37.3 Å². The van der Waals surface area contributed by atoms with Crippen molar-refractivity contribution in [3.63, 3.8) is 0 Å². The van der Waals surface area contributed by atoms with E-state index in [0.717, 1.165) is 12.8 Å². The van der Waals surface area contributed by atoms with E-state index in [1.165, 1.54) is 24.3 Å². The first kappa shape index (κ1) is 23.1. The lowest BCUT2D eigenvalue weighted by Gasteiger charge is -2.39. The highest BCUT2D eigenvalue weighted by Crippen LogP contribution is 2.31. The van der Waals surface area contributed by atoms with Gasteiger partial charge in [-0.05, 0) is 43.2 Å². The Bertz CT molecular complexity index is 697. The van der Waals surface area contributed by atoms with Crippen molar-refractivity contribution in [2.45, 2.75) is 43.5 Å². The van der Waals surface area contributed by atoms with Gasteiger partial charge in [0.15, 0.2) is 11.5 Å². The van der Waals surface area contributed by atoms with Crippen molar-refractivity contribution in [3.8, 4) is 11.5 Å². The van der Waals surface area contributed by atoms with Crippen LogP contribution in [0, 0.1) is 0 Å². The van der Waals surface area contributed by atoms with Crippen LogP contribution in [-0.4, -0.2) is 81.8 Å². The standard InChI is InChI=1S/C19H28N2O8/c20-7-1-2-8-21-15(24)6-4-11-3-5-12(23)13(9-11)28-19-18(27)17(26)16(25)14(10-22)29-19/h3-6,9,14,16-19,22-23,25-27H,1-2,7-8,10,20H2,(H,21,24)/t14-,16-,17+,18-,19-/m1/s1. The highest BCUT2D eigenvalue weighted by molar-refractivity contribution is 5.91. The maximum atomic E-state index is 11.8. The summed E-state index contributed by atoms with van der Waals surface area (Å²) in [6.45, 7) is 0.484. The van der Waals surface area contributed by atoms with Gasteiger partial charge in [-0.2, -0.15) is 0 Å². The molecular formula is C19H28N2O8. The molecule has 0 spiro atoms. The Morgan fingerprint density at radius 3 is 2.66 bits per heavy atom. The normalized spacial score (nSPS) is 27.1. The number of phenols is 1. The second kappa shape index (κ2) is 11.1. The molecule has 2 rings (SSSR count). The molecule has 8 N–H and O–H groups in total. The fraction of sp³-hybridized carbons (Fsp3) is 0.526. The fourth-order valence-electron chi connectivity index (χ4n) is 2.73. The van der Waals surface area contributed by atoms with Gasteiger partial charge in [0.1, 0.15) is 24.4 Å². The average Bonchev–Trinajstić information content (AvgIpc) is 2.72. The number of aromatic hydroxyl groups is 1. The smallest absolute Gasteiger partial charge is 0.243 e. The molecule has 0 unspecified atom stereocenters. The van der Waals surface area contributed by atoms with Crippen LogP contribution in [0.15, 0.2) is 24.3 Å². The third-order valence-electron chi connectivity index (χ3n) is 4.43. The van der Waals surface area contributed by atoms with Crippen LogP contribution in [0.25, 0.3) is 6.08 Å². The van der Waals surface area contributed by atoms with Crippen molar-refractivity contribution in [2.75, 3.05) is 19.7 Å². The first-order chi connectivity index (χ1) is 13.9. The van der Waals surface area contributed by atoms with Crippen molar-refractivity contribution in [2.24, 2.45) is 5.73 Å². The predicted octanol–water partition coefficient (Wildman–Crippen LogP) is -1.56. The summed E-state index contributed by atoms with van der Waals surface area (Å²) in [5, 5.41) is 51.6. The number of aliphatic hydroxyl groups excluding tert-OH is 4. The number of nitrogens with one attached hydrogen (secondary N) is 1. The number of phenolic OH excluding ortho intramolecular Hbond substituents is 1. The number of benzene rings is 1. The van der Waals surface area contributed by atoms with Crippen molar-refractivity contribution in [3.05, 3.63) is 29.8 Å². The second-order valence-corrected chi connectivity index (χ2v) is 6.66. The molecule has 0 radical (unpaired) electrons. The van der Waals surface area contributed by atoms with Crippen LogP contribution >= 0.6 is 0 Å². The zero-order chi connectivity index (χ0) is 21.4. The molecule has 1 aliphatic rings. The van der Waals surface area contributed by atoms with Crippen molar-refractivity contribution in [1.29, 1.82) is 0 Å². The summed E-state index contributed by atoms with van der Waals surface area (Å²) >= 11 is 0. The van der Waals surface area contributed by atoms with Gasteiger partial charge >= 0.3 is 0 Å². The third kappa shape index (κ3) is 6.39. The van der Waals surface area contributed by atoms with E-state index in [4.69, 9.17) is 15.2 Å². The number of rotatable bonds is 9. The molecule has 10 heteroatoms. The molecule has 1 saturated heterocycles. The van der Waals surface area contributed by atoms with E-state index in [0.29, 0.717) is 18.7 Å². The molecule has 29 heavy (non-hydrogen) atoms. The summed E-state index contributed by atoms with van der Waals surface area (Å²) in [7, 11) is 0. The summed E-state index contributed by atoms with van der Waals surface area (Å²) in [6, 6.07) is 4.29. The Hall–Kier alpha value is -2.21. The van der Waals surface area contributed by atoms with E-state index in [-0.39, 0.29) is 17.4 Å².